The van der Waals surface area contributed by atoms with Crippen molar-refractivity contribution in [1.29, 1.82) is 0 Å². The molecule has 2 atom stereocenters. The third-order valence-corrected chi connectivity index (χ3v) is 6.52. The molecule has 2 aliphatic rings. The van der Waals surface area contributed by atoms with Crippen LogP contribution in [0.25, 0.3) is 0 Å². The molecule has 0 radical (unpaired) electrons. The van der Waals surface area contributed by atoms with E-state index >= 15 is 0 Å². The van der Waals surface area contributed by atoms with Crippen molar-refractivity contribution in [3.05, 3.63) is 29.8 Å². The zero-order valence-electron chi connectivity index (χ0n) is 13.4. The van der Waals surface area contributed by atoms with E-state index in [9.17, 15) is 8.42 Å². The van der Waals surface area contributed by atoms with Crippen LogP contribution in [-0.2, 0) is 21.2 Å². The maximum absolute atomic E-state index is 12.8. The van der Waals surface area contributed by atoms with Gasteiger partial charge in [-0.05, 0) is 43.4 Å². The minimum Gasteiger partial charge on any atom is -0.384 e. The molecule has 1 aromatic rings. The van der Waals surface area contributed by atoms with Crippen molar-refractivity contribution in [3.8, 4) is 0 Å². The average molecular weight is 361 g/mol. The molecule has 2 fully saturated rings. The molecule has 3 rings (SSSR count). The Bertz CT molecular complexity index is 606. The Hall–Kier alpha value is -0.660. The Kier molecular flexibility index (Phi) is 6.45. The van der Waals surface area contributed by atoms with Crippen LogP contribution in [0.5, 0.6) is 0 Å². The predicted molar refractivity (Wildman–Crippen MR) is 92.6 cm³/mol. The van der Waals surface area contributed by atoms with Crippen molar-refractivity contribution in [2.24, 2.45) is 0 Å². The first-order valence-corrected chi connectivity index (χ1v) is 9.37. The second-order valence-corrected chi connectivity index (χ2v) is 8.11. The molecule has 23 heavy (non-hydrogen) atoms. The summed E-state index contributed by atoms with van der Waals surface area (Å²) in [5, 5.41) is 3.52. The maximum Gasteiger partial charge on any atom is 0.243 e. The molecular weight excluding hydrogens is 336 g/mol. The van der Waals surface area contributed by atoms with E-state index in [2.05, 4.69) is 5.32 Å². The lowest BCUT2D eigenvalue weighted by Crippen LogP contribution is -2.39. The molecule has 2 aliphatic heterocycles. The number of hydrogen-bond acceptors (Lipinski definition) is 4. The molecule has 0 saturated carbocycles. The zero-order valence-corrected chi connectivity index (χ0v) is 15.0. The van der Waals surface area contributed by atoms with Gasteiger partial charge in [0, 0.05) is 32.3 Å². The molecule has 2 bridgehead atoms. The molecule has 130 valence electrons. The fraction of sp³-hybridized carbons (Fsp3) is 0.625. The second-order valence-electron chi connectivity index (χ2n) is 6.18. The van der Waals surface area contributed by atoms with E-state index in [1.54, 1.807) is 23.5 Å². The Morgan fingerprint density at radius 3 is 2.57 bits per heavy atom. The SMILES string of the molecule is COCCc1ccc(S(=O)(=O)N2CCC3CCC(C2)N3)cc1.Cl. The summed E-state index contributed by atoms with van der Waals surface area (Å²) < 4.78 is 32.3. The Balaban J connectivity index is 0.00000192. The van der Waals surface area contributed by atoms with E-state index in [1.807, 2.05) is 12.1 Å². The Morgan fingerprint density at radius 2 is 1.87 bits per heavy atom. The highest BCUT2D eigenvalue weighted by atomic mass is 35.5. The van der Waals surface area contributed by atoms with Gasteiger partial charge in [0.1, 0.15) is 0 Å². The van der Waals surface area contributed by atoms with Gasteiger partial charge in [-0.2, -0.15) is 4.31 Å². The van der Waals surface area contributed by atoms with Crippen LogP contribution in [0.4, 0.5) is 0 Å². The van der Waals surface area contributed by atoms with Crippen molar-refractivity contribution in [2.45, 2.75) is 42.7 Å². The molecule has 7 heteroatoms. The summed E-state index contributed by atoms with van der Waals surface area (Å²) in [7, 11) is -1.72. The molecule has 0 amide bonds. The van der Waals surface area contributed by atoms with Gasteiger partial charge in [-0.1, -0.05) is 12.1 Å². The van der Waals surface area contributed by atoms with Crippen LogP contribution in [0.1, 0.15) is 24.8 Å². The Morgan fingerprint density at radius 1 is 1.17 bits per heavy atom. The number of hydrogen-bond donors (Lipinski definition) is 1. The van der Waals surface area contributed by atoms with E-state index in [-0.39, 0.29) is 12.4 Å². The minimum atomic E-state index is -3.38. The van der Waals surface area contributed by atoms with Crippen LogP contribution >= 0.6 is 12.4 Å². The van der Waals surface area contributed by atoms with E-state index in [0.717, 1.165) is 24.8 Å². The van der Waals surface area contributed by atoms with Gasteiger partial charge in [0.25, 0.3) is 0 Å². The third-order valence-electron chi connectivity index (χ3n) is 4.64. The molecule has 0 aliphatic carbocycles. The molecular formula is C16H25ClN2O3S. The number of rotatable bonds is 5. The summed E-state index contributed by atoms with van der Waals surface area (Å²) in [4.78, 5) is 0.395. The highest BCUT2D eigenvalue weighted by molar-refractivity contribution is 7.89. The lowest BCUT2D eigenvalue weighted by molar-refractivity contribution is 0.202. The van der Waals surface area contributed by atoms with Crippen LogP contribution < -0.4 is 5.32 Å². The number of ether oxygens (including phenoxy) is 1. The standard InChI is InChI=1S/C16H24N2O3S.ClH/c1-21-11-9-13-2-6-16(7-3-13)22(19,20)18-10-8-14-4-5-15(12-18)17-14;/h2-3,6-7,14-15,17H,4-5,8-12H2,1H3;1H. The lowest BCUT2D eigenvalue weighted by atomic mass is 10.1. The van der Waals surface area contributed by atoms with Crippen LogP contribution in [0, 0.1) is 0 Å². The van der Waals surface area contributed by atoms with E-state index in [1.165, 1.54) is 6.42 Å². The average Bonchev–Trinajstić information content (AvgIpc) is 2.84. The molecule has 2 heterocycles. The monoisotopic (exact) mass is 360 g/mol. The first-order valence-electron chi connectivity index (χ1n) is 7.93. The van der Waals surface area contributed by atoms with Crippen LogP contribution in [-0.4, -0.2) is 51.6 Å². The van der Waals surface area contributed by atoms with Crippen molar-refractivity contribution >= 4 is 22.4 Å². The fourth-order valence-corrected chi connectivity index (χ4v) is 4.83. The topological polar surface area (TPSA) is 58.6 Å². The smallest absolute Gasteiger partial charge is 0.243 e. The van der Waals surface area contributed by atoms with E-state index in [4.69, 9.17) is 4.74 Å². The fourth-order valence-electron chi connectivity index (χ4n) is 3.33. The maximum atomic E-state index is 12.8. The van der Waals surface area contributed by atoms with E-state index < -0.39 is 10.0 Å². The van der Waals surface area contributed by atoms with Crippen molar-refractivity contribution in [1.82, 2.24) is 9.62 Å². The van der Waals surface area contributed by atoms with Crippen molar-refractivity contribution in [2.75, 3.05) is 26.8 Å². The normalized spacial score (nSPS) is 24.9. The molecule has 0 spiro atoms. The third kappa shape index (κ3) is 4.25. The van der Waals surface area contributed by atoms with Crippen molar-refractivity contribution < 1.29 is 13.2 Å². The summed E-state index contributed by atoms with van der Waals surface area (Å²) in [5.41, 5.74) is 1.09. The number of benzene rings is 1. The quantitative estimate of drug-likeness (QED) is 0.870. The van der Waals surface area contributed by atoms with Crippen LogP contribution in [0.15, 0.2) is 29.2 Å². The van der Waals surface area contributed by atoms with Crippen molar-refractivity contribution in [3.63, 3.8) is 0 Å². The lowest BCUT2D eigenvalue weighted by Gasteiger charge is -2.23. The number of halogens is 1. The summed E-state index contributed by atoms with van der Waals surface area (Å²) >= 11 is 0. The number of methoxy groups -OCH3 is 1. The van der Waals surface area contributed by atoms with Gasteiger partial charge in [0.05, 0.1) is 11.5 Å². The summed E-state index contributed by atoms with van der Waals surface area (Å²) in [5.74, 6) is 0. The van der Waals surface area contributed by atoms with Gasteiger partial charge in [0.15, 0.2) is 0 Å². The van der Waals surface area contributed by atoms with Crippen LogP contribution in [0.3, 0.4) is 0 Å². The van der Waals surface area contributed by atoms with Gasteiger partial charge < -0.3 is 10.1 Å². The highest BCUT2D eigenvalue weighted by Crippen LogP contribution is 2.25. The van der Waals surface area contributed by atoms with Gasteiger partial charge in [-0.3, -0.25) is 0 Å². The van der Waals surface area contributed by atoms with E-state index in [0.29, 0.717) is 36.7 Å². The van der Waals surface area contributed by atoms with Gasteiger partial charge in [-0.15, -0.1) is 12.4 Å². The zero-order chi connectivity index (χ0) is 15.6. The molecule has 5 nitrogen and oxygen atoms in total. The summed E-state index contributed by atoms with van der Waals surface area (Å²) in [6.07, 6.45) is 3.95. The van der Waals surface area contributed by atoms with Crippen LogP contribution in [0.2, 0.25) is 0 Å². The minimum absolute atomic E-state index is 0. The largest absolute Gasteiger partial charge is 0.384 e. The van der Waals surface area contributed by atoms with Gasteiger partial charge in [-0.25, -0.2) is 8.42 Å². The molecule has 1 aromatic carbocycles. The van der Waals surface area contributed by atoms with Gasteiger partial charge >= 0.3 is 0 Å². The molecule has 2 unspecified atom stereocenters. The highest BCUT2D eigenvalue weighted by Gasteiger charge is 2.34. The molecule has 2 saturated heterocycles. The number of nitrogens with one attached hydrogen (secondary N) is 1. The molecule has 1 N–H and O–H groups in total. The number of nitrogens with zero attached hydrogens (tertiary/aromatic N) is 1. The first kappa shape index (κ1) is 18.7. The van der Waals surface area contributed by atoms with Gasteiger partial charge in [0.2, 0.25) is 10.0 Å². The molecule has 0 aromatic heterocycles. The predicted octanol–water partition coefficient (Wildman–Crippen LogP) is 1.81. The summed E-state index contributed by atoms with van der Waals surface area (Å²) in [6.45, 7) is 1.85. The Labute approximate surface area is 144 Å². The first-order chi connectivity index (χ1) is 10.6. The number of sulfonamides is 1. The summed E-state index contributed by atoms with van der Waals surface area (Å²) in [6, 6.07) is 8.00. The number of fused-ring (bicyclic) bond motifs is 2. The second kappa shape index (κ2) is 7.94.